The van der Waals surface area contributed by atoms with Gasteiger partial charge in [0.15, 0.2) is 0 Å². The lowest BCUT2D eigenvalue weighted by molar-refractivity contribution is 0.0776. The number of ether oxygens (including phenoxy) is 1. The van der Waals surface area contributed by atoms with Crippen molar-refractivity contribution in [2.45, 2.75) is 39.1 Å². The molecular formula is C23H25N5O3. The molecule has 2 amide bonds. The normalized spacial score (nSPS) is 13.8. The van der Waals surface area contributed by atoms with E-state index in [1.165, 1.54) is 0 Å². The summed E-state index contributed by atoms with van der Waals surface area (Å²) in [5, 5.41) is 5.94. The van der Waals surface area contributed by atoms with E-state index in [0.717, 1.165) is 12.0 Å². The Bertz CT molecular complexity index is 1050. The highest BCUT2D eigenvalue weighted by Gasteiger charge is 2.27. The zero-order chi connectivity index (χ0) is 21.6. The topological polar surface area (TPSA) is 98.1 Å². The number of benzene rings is 1. The molecule has 0 saturated carbocycles. The number of amides is 2. The van der Waals surface area contributed by atoms with Crippen LogP contribution in [-0.4, -0.2) is 33.0 Å². The van der Waals surface area contributed by atoms with E-state index >= 15 is 0 Å². The van der Waals surface area contributed by atoms with E-state index < -0.39 is 0 Å². The van der Waals surface area contributed by atoms with Gasteiger partial charge in [-0.15, -0.1) is 0 Å². The summed E-state index contributed by atoms with van der Waals surface area (Å²) in [5.74, 6) is 0.0383. The highest BCUT2D eigenvalue weighted by molar-refractivity contribution is 6.00. The number of fused-ring (bicyclic) bond motifs is 1. The van der Waals surface area contributed by atoms with Crippen LogP contribution in [0.2, 0.25) is 0 Å². The number of nitrogens with one attached hydrogen (secondary N) is 2. The number of rotatable bonds is 7. The van der Waals surface area contributed by atoms with Crippen molar-refractivity contribution in [3.63, 3.8) is 0 Å². The third-order valence-electron chi connectivity index (χ3n) is 5.33. The van der Waals surface area contributed by atoms with Crippen LogP contribution in [0.1, 0.15) is 57.3 Å². The molecule has 160 valence electrons. The van der Waals surface area contributed by atoms with Crippen molar-refractivity contribution in [1.82, 2.24) is 25.2 Å². The molecule has 0 bridgehead atoms. The summed E-state index contributed by atoms with van der Waals surface area (Å²) in [6.45, 7) is 3.54. The van der Waals surface area contributed by atoms with E-state index in [9.17, 15) is 9.59 Å². The summed E-state index contributed by atoms with van der Waals surface area (Å²) in [7, 11) is 0. The zero-order valence-corrected chi connectivity index (χ0v) is 17.4. The molecule has 0 saturated heterocycles. The van der Waals surface area contributed by atoms with Crippen LogP contribution in [0.15, 0.2) is 54.9 Å². The van der Waals surface area contributed by atoms with Crippen LogP contribution in [0, 0.1) is 0 Å². The Hall–Kier alpha value is -3.52. The molecule has 0 aliphatic carbocycles. The molecule has 1 atom stereocenters. The highest BCUT2D eigenvalue weighted by Crippen LogP contribution is 2.23. The Morgan fingerprint density at radius 2 is 1.90 bits per heavy atom. The molecule has 0 fully saturated rings. The summed E-state index contributed by atoms with van der Waals surface area (Å²) < 4.78 is 7.44. The minimum absolute atomic E-state index is 0.110. The van der Waals surface area contributed by atoms with Crippen molar-refractivity contribution >= 4 is 11.8 Å². The first-order valence-corrected chi connectivity index (χ1v) is 10.4. The van der Waals surface area contributed by atoms with Crippen LogP contribution in [0.3, 0.4) is 0 Å². The predicted octanol–water partition coefficient (Wildman–Crippen LogP) is 2.62. The fourth-order valence-electron chi connectivity index (χ4n) is 3.72. The fraction of sp³-hybridized carbons (Fsp3) is 0.304. The second-order valence-corrected chi connectivity index (χ2v) is 7.29. The van der Waals surface area contributed by atoms with Crippen molar-refractivity contribution in [3.05, 3.63) is 83.2 Å². The number of carbonyl (C=O) groups excluding carboxylic acids is 2. The van der Waals surface area contributed by atoms with Crippen LogP contribution in [0.4, 0.5) is 0 Å². The van der Waals surface area contributed by atoms with Gasteiger partial charge in [-0.25, -0.2) is 9.97 Å². The van der Waals surface area contributed by atoms with Crippen LogP contribution in [-0.2, 0) is 24.4 Å². The minimum atomic E-state index is -0.273. The number of hydrogen-bond donors (Lipinski definition) is 2. The van der Waals surface area contributed by atoms with Gasteiger partial charge in [0.05, 0.1) is 37.1 Å². The SMILES string of the molecule is CCC(NC(=O)c1cc(C(=O)NCc2ncccn2)n2c1COCC2)c1ccccc1. The molecule has 0 radical (unpaired) electrons. The molecule has 1 aliphatic rings. The van der Waals surface area contributed by atoms with Gasteiger partial charge in [-0.3, -0.25) is 9.59 Å². The van der Waals surface area contributed by atoms with E-state index in [1.54, 1.807) is 24.5 Å². The number of aromatic nitrogens is 3. The first-order chi connectivity index (χ1) is 15.2. The smallest absolute Gasteiger partial charge is 0.268 e. The lowest BCUT2D eigenvalue weighted by Gasteiger charge is -2.20. The average Bonchev–Trinajstić information content (AvgIpc) is 3.22. The van der Waals surface area contributed by atoms with Crippen molar-refractivity contribution in [2.24, 2.45) is 0 Å². The van der Waals surface area contributed by atoms with Crippen LogP contribution in [0.5, 0.6) is 0 Å². The highest BCUT2D eigenvalue weighted by atomic mass is 16.5. The van der Waals surface area contributed by atoms with E-state index in [4.69, 9.17) is 4.74 Å². The van der Waals surface area contributed by atoms with Crippen LogP contribution >= 0.6 is 0 Å². The van der Waals surface area contributed by atoms with Crippen LogP contribution < -0.4 is 10.6 Å². The monoisotopic (exact) mass is 419 g/mol. The van der Waals surface area contributed by atoms with Crippen molar-refractivity contribution in [2.75, 3.05) is 6.61 Å². The molecule has 3 aromatic rings. The van der Waals surface area contributed by atoms with Crippen LogP contribution in [0.25, 0.3) is 0 Å². The molecule has 8 heteroatoms. The van der Waals surface area contributed by atoms with Gasteiger partial charge in [-0.05, 0) is 24.1 Å². The zero-order valence-electron chi connectivity index (χ0n) is 17.4. The molecule has 2 N–H and O–H groups in total. The predicted molar refractivity (Wildman–Crippen MR) is 114 cm³/mol. The molecule has 1 unspecified atom stereocenters. The molecule has 8 nitrogen and oxygen atoms in total. The van der Waals surface area contributed by atoms with Gasteiger partial charge in [0, 0.05) is 18.9 Å². The number of hydrogen-bond acceptors (Lipinski definition) is 5. The van der Waals surface area contributed by atoms with Gasteiger partial charge in [-0.2, -0.15) is 0 Å². The summed E-state index contributed by atoms with van der Waals surface area (Å²) in [6.07, 6.45) is 4.02. The minimum Gasteiger partial charge on any atom is -0.373 e. The Morgan fingerprint density at radius 1 is 1.13 bits per heavy atom. The average molecular weight is 419 g/mol. The molecule has 2 aromatic heterocycles. The summed E-state index contributed by atoms with van der Waals surface area (Å²) in [4.78, 5) is 34.2. The first kappa shape index (κ1) is 20.7. The van der Waals surface area contributed by atoms with E-state index in [-0.39, 0.29) is 24.4 Å². The molecule has 3 heterocycles. The fourth-order valence-corrected chi connectivity index (χ4v) is 3.72. The number of carbonyl (C=O) groups is 2. The Balaban J connectivity index is 1.55. The maximum atomic E-state index is 13.1. The third kappa shape index (κ3) is 4.64. The maximum Gasteiger partial charge on any atom is 0.268 e. The second-order valence-electron chi connectivity index (χ2n) is 7.29. The molecule has 31 heavy (non-hydrogen) atoms. The Morgan fingerprint density at radius 3 is 2.65 bits per heavy atom. The van der Waals surface area contributed by atoms with Gasteiger partial charge in [-0.1, -0.05) is 37.3 Å². The summed E-state index contributed by atoms with van der Waals surface area (Å²) >= 11 is 0. The maximum absolute atomic E-state index is 13.1. The van der Waals surface area contributed by atoms with Crippen molar-refractivity contribution < 1.29 is 14.3 Å². The molecule has 0 spiro atoms. The molecular weight excluding hydrogens is 394 g/mol. The van der Waals surface area contributed by atoms with Gasteiger partial charge < -0.3 is 19.9 Å². The summed E-state index contributed by atoms with van der Waals surface area (Å²) in [6, 6.07) is 13.1. The van der Waals surface area contributed by atoms with Gasteiger partial charge in [0.2, 0.25) is 0 Å². The summed E-state index contributed by atoms with van der Waals surface area (Å²) in [5.41, 5.74) is 2.67. The largest absolute Gasteiger partial charge is 0.373 e. The lowest BCUT2D eigenvalue weighted by Crippen LogP contribution is -2.30. The Labute approximate surface area is 180 Å². The van der Waals surface area contributed by atoms with Crippen molar-refractivity contribution in [1.29, 1.82) is 0 Å². The lowest BCUT2D eigenvalue weighted by atomic mass is 10.0. The number of nitrogens with zero attached hydrogens (tertiary/aromatic N) is 3. The van der Waals surface area contributed by atoms with Gasteiger partial charge >= 0.3 is 0 Å². The van der Waals surface area contributed by atoms with E-state index in [2.05, 4.69) is 20.6 Å². The first-order valence-electron chi connectivity index (χ1n) is 10.4. The van der Waals surface area contributed by atoms with Crippen molar-refractivity contribution in [3.8, 4) is 0 Å². The van der Waals surface area contributed by atoms with E-state index in [1.807, 2.05) is 41.8 Å². The van der Waals surface area contributed by atoms with E-state index in [0.29, 0.717) is 42.5 Å². The molecule has 1 aliphatic heterocycles. The molecule has 4 rings (SSSR count). The molecule has 1 aromatic carbocycles. The Kier molecular flexibility index (Phi) is 6.37. The quantitative estimate of drug-likeness (QED) is 0.614. The second kappa shape index (κ2) is 9.53. The van der Waals surface area contributed by atoms with Gasteiger partial charge in [0.25, 0.3) is 11.8 Å². The third-order valence-corrected chi connectivity index (χ3v) is 5.33. The van der Waals surface area contributed by atoms with Gasteiger partial charge in [0.1, 0.15) is 11.5 Å². The standard InChI is InChI=1S/C23H25N5O3/c1-2-18(16-7-4-3-5-8-16)27-22(29)17-13-19(28-11-12-31-15-20(17)28)23(30)26-14-21-24-9-6-10-25-21/h3-10,13,18H,2,11-12,14-15H2,1H3,(H,26,30)(H,27,29).